The molecule has 2 rings (SSSR count). The van der Waals surface area contributed by atoms with E-state index in [-0.39, 0.29) is 11.6 Å². The average Bonchev–Trinajstić information content (AvgIpc) is 2.39. The Kier molecular flexibility index (Phi) is 3.77. The van der Waals surface area contributed by atoms with Crippen LogP contribution in [0.3, 0.4) is 0 Å². The molecule has 1 aromatic carbocycles. The van der Waals surface area contributed by atoms with Crippen molar-refractivity contribution < 1.29 is 9.50 Å². The normalized spacial score (nSPS) is 10.3. The Morgan fingerprint density at radius 2 is 2.00 bits per heavy atom. The third-order valence-corrected chi connectivity index (χ3v) is 2.74. The summed E-state index contributed by atoms with van der Waals surface area (Å²) in [5, 5.41) is 9.17. The van der Waals surface area contributed by atoms with Crippen molar-refractivity contribution in [2.75, 3.05) is 11.4 Å². The zero-order valence-electron chi connectivity index (χ0n) is 10.2. The fourth-order valence-electron chi connectivity index (χ4n) is 1.78. The number of benzene rings is 1. The molecule has 0 aliphatic rings. The number of anilines is 1. The van der Waals surface area contributed by atoms with E-state index in [1.165, 1.54) is 12.3 Å². The van der Waals surface area contributed by atoms with Crippen LogP contribution in [0.5, 0.6) is 5.75 Å². The first-order valence-corrected chi connectivity index (χ1v) is 5.84. The van der Waals surface area contributed by atoms with E-state index in [0.29, 0.717) is 18.8 Å². The number of hydrogen-bond donors (Lipinski definition) is 1. The molecule has 1 N–H and O–H groups in total. The molecule has 0 spiro atoms. The summed E-state index contributed by atoms with van der Waals surface area (Å²) in [4.78, 5) is 6.00. The molecule has 0 saturated heterocycles. The van der Waals surface area contributed by atoms with E-state index in [0.717, 1.165) is 5.69 Å². The van der Waals surface area contributed by atoms with Crippen molar-refractivity contribution in [3.8, 4) is 5.75 Å². The lowest BCUT2D eigenvalue weighted by Gasteiger charge is -2.23. The molecule has 2 aromatic rings. The summed E-state index contributed by atoms with van der Waals surface area (Å²) in [6.45, 7) is 3.16. The van der Waals surface area contributed by atoms with Gasteiger partial charge in [-0.05, 0) is 31.2 Å². The maximum atomic E-state index is 13.7. The second-order valence-electron chi connectivity index (χ2n) is 3.97. The summed E-state index contributed by atoms with van der Waals surface area (Å²) in [6.07, 6.45) is 1.39. The van der Waals surface area contributed by atoms with Crippen LogP contribution in [0.2, 0.25) is 0 Å². The summed E-state index contributed by atoms with van der Waals surface area (Å²) >= 11 is 0. The number of para-hydroxylation sites is 1. The highest BCUT2D eigenvalue weighted by Crippen LogP contribution is 2.20. The topological polar surface area (TPSA) is 36.4 Å². The van der Waals surface area contributed by atoms with Crippen molar-refractivity contribution in [3.63, 3.8) is 0 Å². The molecule has 0 fully saturated rings. The molecule has 18 heavy (non-hydrogen) atoms. The van der Waals surface area contributed by atoms with E-state index in [9.17, 15) is 9.50 Å². The van der Waals surface area contributed by atoms with Crippen molar-refractivity contribution in [3.05, 3.63) is 54.1 Å². The molecule has 1 aromatic heterocycles. The maximum absolute atomic E-state index is 13.7. The Morgan fingerprint density at radius 1 is 1.22 bits per heavy atom. The van der Waals surface area contributed by atoms with Crippen LogP contribution in [-0.4, -0.2) is 16.6 Å². The first-order chi connectivity index (χ1) is 8.70. The van der Waals surface area contributed by atoms with Gasteiger partial charge in [-0.3, -0.25) is 4.98 Å². The fraction of sp³-hybridized carbons (Fsp3) is 0.214. The standard InChI is InChI=1S/C14H15FN2O/c1-2-17(14-6-4-3-5-13(14)15)10-11-7-8-12(18)9-16-11/h3-9,18H,2,10H2,1H3. The van der Waals surface area contributed by atoms with Gasteiger partial charge in [-0.2, -0.15) is 0 Å². The van der Waals surface area contributed by atoms with Gasteiger partial charge in [-0.15, -0.1) is 0 Å². The summed E-state index contributed by atoms with van der Waals surface area (Å²) in [5.41, 5.74) is 1.35. The Hall–Kier alpha value is -2.10. The number of pyridine rings is 1. The third kappa shape index (κ3) is 2.77. The van der Waals surface area contributed by atoms with E-state index in [4.69, 9.17) is 0 Å². The van der Waals surface area contributed by atoms with E-state index >= 15 is 0 Å². The molecule has 0 unspecified atom stereocenters. The van der Waals surface area contributed by atoms with Crippen molar-refractivity contribution in [1.29, 1.82) is 0 Å². The van der Waals surface area contributed by atoms with Crippen LogP contribution in [0.4, 0.5) is 10.1 Å². The summed E-state index contributed by atoms with van der Waals surface area (Å²) in [6, 6.07) is 9.99. The number of halogens is 1. The van der Waals surface area contributed by atoms with Gasteiger partial charge in [-0.1, -0.05) is 12.1 Å². The molecule has 0 atom stereocenters. The van der Waals surface area contributed by atoms with Crippen molar-refractivity contribution in [2.45, 2.75) is 13.5 Å². The molecule has 0 radical (unpaired) electrons. The van der Waals surface area contributed by atoms with E-state index in [1.54, 1.807) is 24.3 Å². The van der Waals surface area contributed by atoms with Crippen LogP contribution in [0, 0.1) is 5.82 Å². The Balaban J connectivity index is 2.20. The van der Waals surface area contributed by atoms with E-state index in [1.807, 2.05) is 17.9 Å². The molecule has 0 aliphatic heterocycles. The summed E-state index contributed by atoms with van der Waals surface area (Å²) in [7, 11) is 0. The fourth-order valence-corrected chi connectivity index (χ4v) is 1.78. The SMILES string of the molecule is CCN(Cc1ccc(O)cn1)c1ccccc1F. The van der Waals surface area contributed by atoms with E-state index < -0.39 is 0 Å². The molecule has 1 heterocycles. The minimum absolute atomic E-state index is 0.132. The average molecular weight is 246 g/mol. The van der Waals surface area contributed by atoms with Crippen LogP contribution in [-0.2, 0) is 6.54 Å². The third-order valence-electron chi connectivity index (χ3n) is 2.74. The van der Waals surface area contributed by atoms with Gasteiger partial charge in [0.1, 0.15) is 11.6 Å². The highest BCUT2D eigenvalue weighted by atomic mass is 19.1. The Morgan fingerprint density at radius 3 is 2.61 bits per heavy atom. The number of hydrogen-bond acceptors (Lipinski definition) is 3. The highest BCUT2D eigenvalue weighted by molar-refractivity contribution is 5.47. The lowest BCUT2D eigenvalue weighted by Crippen LogP contribution is -2.23. The van der Waals surface area contributed by atoms with Crippen LogP contribution >= 0.6 is 0 Å². The Labute approximate surface area is 106 Å². The van der Waals surface area contributed by atoms with Crippen LogP contribution in [0.1, 0.15) is 12.6 Å². The van der Waals surface area contributed by atoms with Gasteiger partial charge >= 0.3 is 0 Å². The summed E-state index contributed by atoms with van der Waals surface area (Å²) < 4.78 is 13.7. The largest absolute Gasteiger partial charge is 0.506 e. The van der Waals surface area contributed by atoms with Gasteiger partial charge < -0.3 is 10.0 Å². The number of rotatable bonds is 4. The van der Waals surface area contributed by atoms with Crippen molar-refractivity contribution in [1.82, 2.24) is 4.98 Å². The first-order valence-electron chi connectivity index (χ1n) is 5.84. The summed E-state index contributed by atoms with van der Waals surface area (Å²) in [5.74, 6) is -0.106. The molecule has 3 nitrogen and oxygen atoms in total. The minimum atomic E-state index is -0.238. The maximum Gasteiger partial charge on any atom is 0.146 e. The minimum Gasteiger partial charge on any atom is -0.506 e. The predicted molar refractivity (Wildman–Crippen MR) is 69.0 cm³/mol. The number of aromatic hydroxyl groups is 1. The molecule has 94 valence electrons. The first kappa shape index (κ1) is 12.4. The molecular formula is C14H15FN2O. The Bertz CT molecular complexity index is 513. The lowest BCUT2D eigenvalue weighted by molar-refractivity contribution is 0.472. The molecule has 0 aliphatic carbocycles. The van der Waals surface area contributed by atoms with Gasteiger partial charge in [0.25, 0.3) is 0 Å². The highest BCUT2D eigenvalue weighted by Gasteiger charge is 2.10. The molecule has 0 saturated carbocycles. The smallest absolute Gasteiger partial charge is 0.146 e. The van der Waals surface area contributed by atoms with Crippen molar-refractivity contribution in [2.24, 2.45) is 0 Å². The van der Waals surface area contributed by atoms with Crippen LogP contribution in [0.25, 0.3) is 0 Å². The van der Waals surface area contributed by atoms with Gasteiger partial charge in [0, 0.05) is 6.54 Å². The predicted octanol–water partition coefficient (Wildman–Crippen LogP) is 2.95. The molecular weight excluding hydrogens is 231 g/mol. The van der Waals surface area contributed by atoms with Gasteiger partial charge in [0.2, 0.25) is 0 Å². The lowest BCUT2D eigenvalue weighted by atomic mass is 10.2. The van der Waals surface area contributed by atoms with Crippen LogP contribution < -0.4 is 4.90 Å². The van der Waals surface area contributed by atoms with Crippen molar-refractivity contribution >= 4 is 5.69 Å². The van der Waals surface area contributed by atoms with E-state index in [2.05, 4.69) is 4.98 Å². The van der Waals surface area contributed by atoms with Gasteiger partial charge in [0.15, 0.2) is 0 Å². The second kappa shape index (κ2) is 5.49. The molecule has 4 heteroatoms. The van der Waals surface area contributed by atoms with Crippen LogP contribution in [0.15, 0.2) is 42.6 Å². The molecule has 0 amide bonds. The zero-order chi connectivity index (χ0) is 13.0. The number of nitrogens with zero attached hydrogens (tertiary/aromatic N) is 2. The second-order valence-corrected chi connectivity index (χ2v) is 3.97. The zero-order valence-corrected chi connectivity index (χ0v) is 10.2. The van der Waals surface area contributed by atoms with Gasteiger partial charge in [0.05, 0.1) is 24.1 Å². The van der Waals surface area contributed by atoms with Gasteiger partial charge in [-0.25, -0.2) is 4.39 Å². The quantitative estimate of drug-likeness (QED) is 0.901. The monoisotopic (exact) mass is 246 g/mol. The molecule has 0 bridgehead atoms. The number of aromatic nitrogens is 1.